The number of benzene rings is 2. The molecule has 2 aromatic carbocycles. The molecule has 0 bridgehead atoms. The van der Waals surface area contributed by atoms with E-state index in [1.54, 1.807) is 32.2 Å². The zero-order chi connectivity index (χ0) is 15.5. The van der Waals surface area contributed by atoms with Gasteiger partial charge in [0.25, 0.3) is 0 Å². The summed E-state index contributed by atoms with van der Waals surface area (Å²) < 4.78 is 43.2. The van der Waals surface area contributed by atoms with Gasteiger partial charge in [-0.25, -0.2) is 0 Å². The largest absolute Gasteiger partial charge is 0.497 e. The third kappa shape index (κ3) is 4.11. The molecule has 1 atom stereocenters. The van der Waals surface area contributed by atoms with Crippen molar-refractivity contribution in [2.75, 3.05) is 13.7 Å². The van der Waals surface area contributed by atoms with Crippen molar-refractivity contribution in [3.8, 4) is 5.75 Å². The average molecular weight is 297 g/mol. The van der Waals surface area contributed by atoms with E-state index in [0.29, 0.717) is 12.1 Å². The van der Waals surface area contributed by atoms with Gasteiger partial charge in [0.15, 0.2) is 0 Å². The van der Waals surface area contributed by atoms with Crippen molar-refractivity contribution in [3.63, 3.8) is 0 Å². The average Bonchev–Trinajstić information content (AvgIpc) is 2.44. The van der Waals surface area contributed by atoms with Crippen molar-refractivity contribution in [1.29, 1.82) is 0 Å². The van der Waals surface area contributed by atoms with Crippen LogP contribution >= 0.6 is 0 Å². The molecule has 0 aliphatic carbocycles. The standard InChI is InChI=1S/C16H18F3NO/c1-3-20-15(10-16(17,18)19)13-5-4-12-9-14(21-2)7-6-11(12)8-13/h4-9,15,20H,3,10H2,1-2H3. The van der Waals surface area contributed by atoms with Gasteiger partial charge in [0.1, 0.15) is 5.75 Å². The number of rotatable bonds is 5. The second kappa shape index (κ2) is 6.35. The number of ether oxygens (including phenoxy) is 1. The summed E-state index contributed by atoms with van der Waals surface area (Å²) in [6.07, 6.45) is -5.07. The lowest BCUT2D eigenvalue weighted by atomic mass is 9.99. The molecule has 114 valence electrons. The van der Waals surface area contributed by atoms with Crippen LogP contribution in [0.4, 0.5) is 13.2 Å². The van der Waals surface area contributed by atoms with Crippen LogP contribution in [0.25, 0.3) is 10.8 Å². The molecule has 5 heteroatoms. The van der Waals surface area contributed by atoms with E-state index in [-0.39, 0.29) is 0 Å². The molecule has 1 unspecified atom stereocenters. The fourth-order valence-corrected chi connectivity index (χ4v) is 2.37. The Hall–Kier alpha value is -1.75. The van der Waals surface area contributed by atoms with E-state index in [9.17, 15) is 13.2 Å². The Kier molecular flexibility index (Phi) is 4.73. The quantitative estimate of drug-likeness (QED) is 0.880. The van der Waals surface area contributed by atoms with E-state index in [2.05, 4.69) is 5.32 Å². The summed E-state index contributed by atoms with van der Waals surface area (Å²) in [7, 11) is 1.58. The van der Waals surface area contributed by atoms with Crippen molar-refractivity contribution < 1.29 is 17.9 Å². The highest BCUT2D eigenvalue weighted by atomic mass is 19.4. The maximum atomic E-state index is 12.7. The molecule has 0 aliphatic heterocycles. The molecule has 1 N–H and O–H groups in total. The van der Waals surface area contributed by atoms with Crippen LogP contribution in [0.2, 0.25) is 0 Å². The lowest BCUT2D eigenvalue weighted by molar-refractivity contribution is -0.140. The summed E-state index contributed by atoms with van der Waals surface area (Å²) in [6, 6.07) is 10.2. The molecule has 0 fully saturated rings. The van der Waals surface area contributed by atoms with E-state index in [4.69, 9.17) is 4.74 Å². The van der Waals surface area contributed by atoms with Crippen molar-refractivity contribution in [3.05, 3.63) is 42.0 Å². The molecule has 21 heavy (non-hydrogen) atoms. The Morgan fingerprint density at radius 2 is 1.76 bits per heavy atom. The SMILES string of the molecule is CCNC(CC(F)(F)F)c1ccc2cc(OC)ccc2c1. The molecule has 0 saturated carbocycles. The van der Waals surface area contributed by atoms with Gasteiger partial charge in [-0.05, 0) is 41.1 Å². The summed E-state index contributed by atoms with van der Waals surface area (Å²) in [4.78, 5) is 0. The summed E-state index contributed by atoms with van der Waals surface area (Å²) in [6.45, 7) is 2.29. The second-order valence-corrected chi connectivity index (χ2v) is 4.90. The van der Waals surface area contributed by atoms with Gasteiger partial charge in [-0.2, -0.15) is 13.2 Å². The smallest absolute Gasteiger partial charge is 0.390 e. The van der Waals surface area contributed by atoms with E-state index in [1.807, 2.05) is 18.2 Å². The number of hydrogen-bond acceptors (Lipinski definition) is 2. The molecular formula is C16H18F3NO. The Morgan fingerprint density at radius 3 is 2.38 bits per heavy atom. The third-order valence-electron chi connectivity index (χ3n) is 3.36. The van der Waals surface area contributed by atoms with E-state index < -0.39 is 18.6 Å². The molecule has 0 heterocycles. The minimum absolute atomic E-state index is 0.487. The molecule has 2 nitrogen and oxygen atoms in total. The zero-order valence-electron chi connectivity index (χ0n) is 12.0. The topological polar surface area (TPSA) is 21.3 Å². The van der Waals surface area contributed by atoms with E-state index in [1.165, 1.54) is 0 Å². The number of fused-ring (bicyclic) bond motifs is 1. The van der Waals surface area contributed by atoms with Gasteiger partial charge < -0.3 is 10.1 Å². The molecular weight excluding hydrogens is 279 g/mol. The first-order valence-corrected chi connectivity index (χ1v) is 6.81. The normalized spacial score (nSPS) is 13.4. The Bertz CT molecular complexity index is 610. The lowest BCUT2D eigenvalue weighted by Gasteiger charge is -2.20. The van der Waals surface area contributed by atoms with Gasteiger partial charge in [0, 0.05) is 6.04 Å². The highest BCUT2D eigenvalue weighted by Crippen LogP contribution is 2.31. The van der Waals surface area contributed by atoms with Gasteiger partial charge in [0.05, 0.1) is 13.5 Å². The van der Waals surface area contributed by atoms with Gasteiger partial charge in [-0.3, -0.25) is 0 Å². The predicted octanol–water partition coefficient (Wildman–Crippen LogP) is 4.45. The minimum Gasteiger partial charge on any atom is -0.497 e. The summed E-state index contributed by atoms with van der Waals surface area (Å²) in [5.74, 6) is 0.730. The Morgan fingerprint density at radius 1 is 1.10 bits per heavy atom. The van der Waals surface area contributed by atoms with Gasteiger partial charge in [-0.1, -0.05) is 25.1 Å². The fraction of sp³-hybridized carbons (Fsp3) is 0.375. The minimum atomic E-state index is -4.19. The van der Waals surface area contributed by atoms with Crippen LogP contribution in [0, 0.1) is 0 Å². The molecule has 2 aromatic rings. The fourth-order valence-electron chi connectivity index (χ4n) is 2.37. The van der Waals surface area contributed by atoms with Gasteiger partial charge >= 0.3 is 6.18 Å². The second-order valence-electron chi connectivity index (χ2n) is 4.90. The Balaban J connectivity index is 2.34. The molecule has 0 spiro atoms. The molecule has 0 aliphatic rings. The van der Waals surface area contributed by atoms with E-state index in [0.717, 1.165) is 16.5 Å². The number of halogens is 3. The molecule has 0 aromatic heterocycles. The van der Waals surface area contributed by atoms with Crippen LogP contribution < -0.4 is 10.1 Å². The van der Waals surface area contributed by atoms with Crippen molar-refractivity contribution >= 4 is 10.8 Å². The van der Waals surface area contributed by atoms with Crippen LogP contribution in [-0.2, 0) is 0 Å². The Labute approximate surface area is 121 Å². The first-order chi connectivity index (χ1) is 9.93. The first kappa shape index (κ1) is 15.6. The summed E-state index contributed by atoms with van der Waals surface area (Å²) in [5, 5.41) is 4.74. The van der Waals surface area contributed by atoms with Crippen molar-refractivity contribution in [1.82, 2.24) is 5.32 Å². The summed E-state index contributed by atoms with van der Waals surface area (Å²) in [5.41, 5.74) is 0.645. The molecule has 0 saturated heterocycles. The number of methoxy groups -OCH3 is 1. The number of alkyl halides is 3. The van der Waals surface area contributed by atoms with Crippen LogP contribution in [-0.4, -0.2) is 19.8 Å². The molecule has 0 radical (unpaired) electrons. The lowest BCUT2D eigenvalue weighted by Crippen LogP contribution is -2.26. The number of nitrogens with one attached hydrogen (secondary N) is 1. The predicted molar refractivity (Wildman–Crippen MR) is 77.6 cm³/mol. The van der Waals surface area contributed by atoms with Gasteiger partial charge in [-0.15, -0.1) is 0 Å². The molecule has 2 rings (SSSR count). The first-order valence-electron chi connectivity index (χ1n) is 6.81. The maximum absolute atomic E-state index is 12.7. The monoisotopic (exact) mass is 297 g/mol. The highest BCUT2D eigenvalue weighted by molar-refractivity contribution is 5.84. The number of hydrogen-bond donors (Lipinski definition) is 1. The van der Waals surface area contributed by atoms with Crippen LogP contribution in [0.15, 0.2) is 36.4 Å². The molecule has 0 amide bonds. The van der Waals surface area contributed by atoms with Crippen molar-refractivity contribution in [2.45, 2.75) is 25.6 Å². The highest BCUT2D eigenvalue weighted by Gasteiger charge is 2.32. The van der Waals surface area contributed by atoms with Crippen LogP contribution in [0.1, 0.15) is 24.9 Å². The van der Waals surface area contributed by atoms with Crippen LogP contribution in [0.3, 0.4) is 0 Å². The zero-order valence-corrected chi connectivity index (χ0v) is 12.0. The van der Waals surface area contributed by atoms with Crippen molar-refractivity contribution in [2.24, 2.45) is 0 Å². The maximum Gasteiger partial charge on any atom is 0.390 e. The van der Waals surface area contributed by atoms with Gasteiger partial charge in [0.2, 0.25) is 0 Å². The summed E-state index contributed by atoms with van der Waals surface area (Å²) >= 11 is 0. The van der Waals surface area contributed by atoms with Crippen LogP contribution in [0.5, 0.6) is 5.75 Å². The third-order valence-corrected chi connectivity index (χ3v) is 3.36. The van der Waals surface area contributed by atoms with E-state index >= 15 is 0 Å².